The molecule has 10 heteroatoms. The largest absolute Gasteiger partial charge is 0.325 e. The summed E-state index contributed by atoms with van der Waals surface area (Å²) in [7, 11) is -3.58. The first-order valence-corrected chi connectivity index (χ1v) is 13.2. The molecular weight excluding hydrogens is 444 g/mol. The third-order valence-electron chi connectivity index (χ3n) is 7.07. The lowest BCUT2D eigenvalue weighted by molar-refractivity contribution is -0.131. The molecule has 1 saturated carbocycles. The summed E-state index contributed by atoms with van der Waals surface area (Å²) in [6.45, 7) is 4.97. The van der Waals surface area contributed by atoms with Gasteiger partial charge in [0.1, 0.15) is 5.54 Å². The number of nitrogens with zero attached hydrogens (tertiary/aromatic N) is 3. The van der Waals surface area contributed by atoms with Crippen molar-refractivity contribution in [1.29, 1.82) is 0 Å². The second kappa shape index (κ2) is 9.06. The molecule has 0 aromatic heterocycles. The normalized spacial score (nSPS) is 20.0. The first kappa shape index (κ1) is 23.7. The van der Waals surface area contributed by atoms with E-state index >= 15 is 0 Å². The van der Waals surface area contributed by atoms with Gasteiger partial charge in [0.25, 0.3) is 5.91 Å². The summed E-state index contributed by atoms with van der Waals surface area (Å²) in [5.41, 5.74) is 0.752. The van der Waals surface area contributed by atoms with Gasteiger partial charge in [-0.15, -0.1) is 0 Å². The maximum Gasteiger partial charge on any atom is 0.325 e. The van der Waals surface area contributed by atoms with Crippen molar-refractivity contribution in [2.45, 2.75) is 69.2 Å². The summed E-state index contributed by atoms with van der Waals surface area (Å²) in [5.74, 6) is -0.397. The Morgan fingerprint density at radius 1 is 1.12 bits per heavy atom. The fraction of sp³-hybridized carbons (Fsp3) is 0.609. The molecule has 2 fully saturated rings. The molecule has 0 bridgehead atoms. The molecule has 0 radical (unpaired) electrons. The molecule has 1 N–H and O–H groups in total. The molecule has 0 atom stereocenters. The summed E-state index contributed by atoms with van der Waals surface area (Å²) in [6.07, 6.45) is 4.58. The van der Waals surface area contributed by atoms with E-state index in [-0.39, 0.29) is 29.7 Å². The molecule has 4 amide bonds. The number of aryl methyl sites for hydroxylation is 1. The number of urea groups is 1. The average Bonchev–Trinajstić information content (AvgIpc) is 3.36. The fourth-order valence-corrected chi connectivity index (χ4v) is 6.75. The Balaban J connectivity index is 1.47. The van der Waals surface area contributed by atoms with E-state index in [1.54, 1.807) is 36.9 Å². The highest BCUT2D eigenvalue weighted by atomic mass is 32.2. The molecule has 9 nitrogen and oxygen atoms in total. The Morgan fingerprint density at radius 2 is 1.82 bits per heavy atom. The second-order valence-corrected chi connectivity index (χ2v) is 10.9. The number of amides is 4. The lowest BCUT2D eigenvalue weighted by atomic mass is 9.98. The van der Waals surface area contributed by atoms with Crippen molar-refractivity contribution in [3.63, 3.8) is 0 Å². The maximum atomic E-state index is 13.1. The maximum absolute atomic E-state index is 13.1. The van der Waals surface area contributed by atoms with Gasteiger partial charge in [-0.05, 0) is 49.4 Å². The van der Waals surface area contributed by atoms with Crippen molar-refractivity contribution in [3.05, 3.63) is 23.8 Å². The van der Waals surface area contributed by atoms with E-state index in [2.05, 4.69) is 5.32 Å². The van der Waals surface area contributed by atoms with Crippen LogP contribution in [0, 0.1) is 0 Å². The number of hydrogen-bond acceptors (Lipinski definition) is 5. The van der Waals surface area contributed by atoms with E-state index in [9.17, 15) is 22.8 Å². The van der Waals surface area contributed by atoms with Crippen LogP contribution in [-0.4, -0.2) is 67.2 Å². The minimum Gasteiger partial charge on any atom is -0.323 e. The van der Waals surface area contributed by atoms with E-state index in [0.717, 1.165) is 24.8 Å². The van der Waals surface area contributed by atoms with Gasteiger partial charge in [-0.25, -0.2) is 13.2 Å². The van der Waals surface area contributed by atoms with Crippen molar-refractivity contribution in [1.82, 2.24) is 14.5 Å². The molecule has 1 aliphatic carbocycles. The van der Waals surface area contributed by atoms with Crippen molar-refractivity contribution >= 4 is 33.6 Å². The van der Waals surface area contributed by atoms with E-state index in [4.69, 9.17) is 0 Å². The Bertz CT molecular complexity index is 1060. The third-order valence-corrected chi connectivity index (χ3v) is 9.11. The molecule has 1 aromatic carbocycles. The van der Waals surface area contributed by atoms with E-state index in [1.807, 2.05) is 0 Å². The van der Waals surface area contributed by atoms with Crippen LogP contribution in [0.15, 0.2) is 23.1 Å². The van der Waals surface area contributed by atoms with Crippen LogP contribution in [0.3, 0.4) is 0 Å². The molecular formula is C23H32N4O5S. The molecule has 0 unspecified atom stereocenters. The molecule has 3 aliphatic rings. The van der Waals surface area contributed by atoms with Crippen LogP contribution < -0.4 is 10.2 Å². The molecule has 2 aliphatic heterocycles. The molecule has 1 saturated heterocycles. The standard InChI is InChI=1S/C23H32N4O5S/c1-3-25(4-2)33(31,32)18-9-10-19-17(16-18)8-7-14-26(19)20(28)11-15-27-21(29)23(24-22(27)30)12-5-6-13-23/h9-10,16H,3-8,11-15H2,1-2H3,(H,24,30). The van der Waals surface area contributed by atoms with Gasteiger partial charge in [-0.1, -0.05) is 26.7 Å². The number of fused-ring (bicyclic) bond motifs is 1. The third kappa shape index (κ3) is 4.14. The van der Waals surface area contributed by atoms with Gasteiger partial charge in [0.05, 0.1) is 4.90 Å². The number of benzene rings is 1. The number of anilines is 1. The summed E-state index contributed by atoms with van der Waals surface area (Å²) in [6, 6.07) is 4.51. The van der Waals surface area contributed by atoms with E-state index in [1.165, 1.54) is 9.21 Å². The predicted octanol–water partition coefficient (Wildman–Crippen LogP) is 2.25. The zero-order valence-electron chi connectivity index (χ0n) is 19.3. The van der Waals surface area contributed by atoms with Crippen LogP contribution in [0.25, 0.3) is 0 Å². The molecule has 2 heterocycles. The van der Waals surface area contributed by atoms with Crippen LogP contribution in [0.4, 0.5) is 10.5 Å². The number of imide groups is 1. The van der Waals surface area contributed by atoms with Crippen LogP contribution in [-0.2, 0) is 26.0 Å². The average molecular weight is 477 g/mol. The van der Waals surface area contributed by atoms with Crippen LogP contribution >= 0.6 is 0 Å². The number of carbonyl (C=O) groups is 3. The summed E-state index contributed by atoms with van der Waals surface area (Å²) in [4.78, 5) is 41.3. The topological polar surface area (TPSA) is 107 Å². The Kier molecular flexibility index (Phi) is 6.50. The number of hydrogen-bond donors (Lipinski definition) is 1. The van der Waals surface area contributed by atoms with Crippen molar-refractivity contribution < 1.29 is 22.8 Å². The van der Waals surface area contributed by atoms with Crippen LogP contribution in [0.2, 0.25) is 0 Å². The van der Waals surface area contributed by atoms with Crippen molar-refractivity contribution in [2.24, 2.45) is 0 Å². The summed E-state index contributed by atoms with van der Waals surface area (Å²) >= 11 is 0. The zero-order valence-corrected chi connectivity index (χ0v) is 20.1. The van der Waals surface area contributed by atoms with Crippen LogP contribution in [0.5, 0.6) is 0 Å². The first-order chi connectivity index (χ1) is 15.7. The molecule has 1 spiro atoms. The highest BCUT2D eigenvalue weighted by molar-refractivity contribution is 7.89. The van der Waals surface area contributed by atoms with Gasteiger partial charge in [0.15, 0.2) is 0 Å². The number of carbonyl (C=O) groups excluding carboxylic acids is 3. The first-order valence-electron chi connectivity index (χ1n) is 11.8. The Hall–Kier alpha value is -2.46. The second-order valence-electron chi connectivity index (χ2n) is 8.95. The molecule has 180 valence electrons. The smallest absolute Gasteiger partial charge is 0.323 e. The van der Waals surface area contributed by atoms with Gasteiger partial charge in [0.2, 0.25) is 15.9 Å². The van der Waals surface area contributed by atoms with Crippen LogP contribution in [0.1, 0.15) is 57.9 Å². The Morgan fingerprint density at radius 3 is 2.48 bits per heavy atom. The predicted molar refractivity (Wildman–Crippen MR) is 123 cm³/mol. The fourth-order valence-electron chi connectivity index (χ4n) is 5.24. The number of rotatable bonds is 7. The minimum absolute atomic E-state index is 0.0359. The highest BCUT2D eigenvalue weighted by Gasteiger charge is 2.52. The highest BCUT2D eigenvalue weighted by Crippen LogP contribution is 2.35. The lowest BCUT2D eigenvalue weighted by Crippen LogP contribution is -2.44. The summed E-state index contributed by atoms with van der Waals surface area (Å²) < 4.78 is 27.2. The Labute approximate surface area is 195 Å². The SMILES string of the molecule is CCN(CC)S(=O)(=O)c1ccc2c(c1)CCCN2C(=O)CCN1C(=O)NC2(CCCC2)C1=O. The summed E-state index contributed by atoms with van der Waals surface area (Å²) in [5, 5.41) is 2.84. The molecule has 1 aromatic rings. The van der Waals surface area contributed by atoms with E-state index in [0.29, 0.717) is 44.6 Å². The molecule has 4 rings (SSSR count). The van der Waals surface area contributed by atoms with E-state index < -0.39 is 21.6 Å². The molecule has 33 heavy (non-hydrogen) atoms. The minimum atomic E-state index is -3.58. The zero-order chi connectivity index (χ0) is 23.8. The van der Waals surface area contributed by atoms with Gasteiger partial charge in [-0.3, -0.25) is 14.5 Å². The van der Waals surface area contributed by atoms with Crippen molar-refractivity contribution in [2.75, 3.05) is 31.1 Å². The van der Waals surface area contributed by atoms with Gasteiger partial charge < -0.3 is 10.2 Å². The van der Waals surface area contributed by atoms with Gasteiger partial charge >= 0.3 is 6.03 Å². The van der Waals surface area contributed by atoms with Crippen molar-refractivity contribution in [3.8, 4) is 0 Å². The van der Waals surface area contributed by atoms with Gasteiger partial charge in [-0.2, -0.15) is 4.31 Å². The quantitative estimate of drug-likeness (QED) is 0.608. The lowest BCUT2D eigenvalue weighted by Gasteiger charge is -2.30. The van der Waals surface area contributed by atoms with Gasteiger partial charge in [0, 0.05) is 38.3 Å². The monoisotopic (exact) mass is 476 g/mol. The number of sulfonamides is 1. The number of nitrogens with one attached hydrogen (secondary N) is 1.